The molecule has 0 radical (unpaired) electrons. The van der Waals surface area contributed by atoms with Gasteiger partial charge in [0.25, 0.3) is 0 Å². The van der Waals surface area contributed by atoms with Gasteiger partial charge in [0.1, 0.15) is 5.76 Å². The lowest BCUT2D eigenvalue weighted by atomic mass is 9.98. The number of hydrogen-bond donors (Lipinski definition) is 1. The van der Waals surface area contributed by atoms with Crippen molar-refractivity contribution in [1.82, 2.24) is 10.3 Å². The average molecular weight is 282 g/mol. The summed E-state index contributed by atoms with van der Waals surface area (Å²) in [6.07, 6.45) is 7.39. The summed E-state index contributed by atoms with van der Waals surface area (Å²) < 4.78 is 5.92. The van der Waals surface area contributed by atoms with Crippen LogP contribution in [0.1, 0.15) is 37.8 Å². The smallest absolute Gasteiger partial charge is 0.113 e. The molecule has 21 heavy (non-hydrogen) atoms. The number of pyridine rings is 1. The molecule has 1 aromatic carbocycles. The third kappa shape index (κ3) is 3.08. The fraction of sp³-hybridized carbons (Fsp3) is 0.389. The number of fused-ring (bicyclic) bond motifs is 1. The molecule has 3 heteroatoms. The molecule has 0 saturated carbocycles. The summed E-state index contributed by atoms with van der Waals surface area (Å²) in [4.78, 5) is 4.46. The molecule has 2 aromatic rings. The van der Waals surface area contributed by atoms with Crippen LogP contribution in [0.15, 0.2) is 48.4 Å². The van der Waals surface area contributed by atoms with Crippen LogP contribution in [0.4, 0.5) is 0 Å². The molecule has 1 atom stereocenters. The average Bonchev–Trinajstić information content (AvgIpc) is 2.56. The number of benzene rings is 1. The van der Waals surface area contributed by atoms with E-state index in [1.165, 1.54) is 10.9 Å². The van der Waals surface area contributed by atoms with Gasteiger partial charge in [-0.2, -0.15) is 0 Å². The van der Waals surface area contributed by atoms with E-state index in [0.29, 0.717) is 0 Å². The second kappa shape index (κ2) is 6.72. The lowest BCUT2D eigenvalue weighted by molar-refractivity contribution is 0.168. The maximum atomic E-state index is 5.92. The van der Waals surface area contributed by atoms with E-state index in [1.807, 2.05) is 12.3 Å². The first-order valence-electron chi connectivity index (χ1n) is 7.80. The highest BCUT2D eigenvalue weighted by atomic mass is 16.5. The normalized spacial score (nSPS) is 16.3. The lowest BCUT2D eigenvalue weighted by Crippen LogP contribution is -2.26. The van der Waals surface area contributed by atoms with Gasteiger partial charge in [0.2, 0.25) is 0 Å². The van der Waals surface area contributed by atoms with Crippen molar-refractivity contribution in [3.8, 4) is 0 Å². The van der Waals surface area contributed by atoms with Crippen molar-refractivity contribution in [1.29, 1.82) is 0 Å². The van der Waals surface area contributed by atoms with Gasteiger partial charge >= 0.3 is 0 Å². The molecule has 1 aliphatic rings. The fourth-order valence-corrected chi connectivity index (χ4v) is 2.81. The molecular formula is C18H22N2O. The highest BCUT2D eigenvalue weighted by Crippen LogP contribution is 2.30. The molecule has 1 unspecified atom stereocenters. The first-order valence-corrected chi connectivity index (χ1v) is 7.80. The van der Waals surface area contributed by atoms with Gasteiger partial charge in [0, 0.05) is 11.6 Å². The van der Waals surface area contributed by atoms with E-state index in [4.69, 9.17) is 4.74 Å². The molecule has 3 nitrogen and oxygen atoms in total. The molecule has 1 aliphatic heterocycles. The van der Waals surface area contributed by atoms with Crippen LogP contribution in [0.5, 0.6) is 0 Å². The number of nitrogens with zero attached hydrogens (tertiary/aromatic N) is 1. The quantitative estimate of drug-likeness (QED) is 0.901. The van der Waals surface area contributed by atoms with Crippen molar-refractivity contribution in [3.63, 3.8) is 0 Å². The Balaban J connectivity index is 2.03. The number of ether oxygens (including phenoxy) is 1. The molecular weight excluding hydrogens is 260 g/mol. The van der Waals surface area contributed by atoms with Gasteiger partial charge < -0.3 is 10.1 Å². The second-order valence-electron chi connectivity index (χ2n) is 5.40. The Hall–Kier alpha value is -1.87. The van der Waals surface area contributed by atoms with Gasteiger partial charge in [-0.25, -0.2) is 0 Å². The maximum Gasteiger partial charge on any atom is 0.113 e. The molecule has 0 bridgehead atoms. The summed E-state index contributed by atoms with van der Waals surface area (Å²) in [5, 5.41) is 4.82. The molecule has 1 aromatic heterocycles. The fourth-order valence-electron chi connectivity index (χ4n) is 2.81. The highest BCUT2D eigenvalue weighted by Gasteiger charge is 2.21. The van der Waals surface area contributed by atoms with E-state index in [9.17, 15) is 0 Å². The van der Waals surface area contributed by atoms with Crippen LogP contribution in [-0.2, 0) is 4.74 Å². The summed E-state index contributed by atoms with van der Waals surface area (Å²) in [6, 6.07) is 10.6. The van der Waals surface area contributed by atoms with Crippen LogP contribution in [0.2, 0.25) is 0 Å². The molecule has 0 spiro atoms. The summed E-state index contributed by atoms with van der Waals surface area (Å²) >= 11 is 0. The Morgan fingerprint density at radius 1 is 1.29 bits per heavy atom. The minimum Gasteiger partial charge on any atom is -0.496 e. The first kappa shape index (κ1) is 14.1. The van der Waals surface area contributed by atoms with Crippen LogP contribution < -0.4 is 5.32 Å². The lowest BCUT2D eigenvalue weighted by Gasteiger charge is -2.26. The minimum absolute atomic E-state index is 0.123. The number of aromatic nitrogens is 1. The zero-order chi connectivity index (χ0) is 14.5. The van der Waals surface area contributed by atoms with Gasteiger partial charge in [-0.3, -0.25) is 4.98 Å². The molecule has 0 aliphatic carbocycles. The number of rotatable bonds is 5. The zero-order valence-corrected chi connectivity index (χ0v) is 12.5. The Morgan fingerprint density at radius 2 is 2.24 bits per heavy atom. The number of nitrogens with one attached hydrogen (secondary N) is 1. The maximum absolute atomic E-state index is 5.92. The second-order valence-corrected chi connectivity index (χ2v) is 5.40. The minimum atomic E-state index is 0.123. The zero-order valence-electron chi connectivity index (χ0n) is 12.5. The highest BCUT2D eigenvalue weighted by molar-refractivity contribution is 5.82. The largest absolute Gasteiger partial charge is 0.496 e. The topological polar surface area (TPSA) is 34.1 Å². The van der Waals surface area contributed by atoms with E-state index in [2.05, 4.69) is 47.6 Å². The van der Waals surface area contributed by atoms with Gasteiger partial charge in [0.15, 0.2) is 0 Å². The van der Waals surface area contributed by atoms with Crippen LogP contribution >= 0.6 is 0 Å². The number of allylic oxidation sites excluding steroid dienone is 1. The van der Waals surface area contributed by atoms with E-state index in [1.54, 1.807) is 0 Å². The molecule has 3 rings (SSSR count). The SMILES string of the molecule is CCCNC(C1=CCCCO1)c1cccc2ncccc12. The van der Waals surface area contributed by atoms with Crippen LogP contribution in [0.25, 0.3) is 10.9 Å². The van der Waals surface area contributed by atoms with Crippen LogP contribution in [-0.4, -0.2) is 18.1 Å². The summed E-state index contributed by atoms with van der Waals surface area (Å²) in [5.41, 5.74) is 2.29. The van der Waals surface area contributed by atoms with Crippen LogP contribution in [0.3, 0.4) is 0 Å². The first-order chi connectivity index (χ1) is 10.4. The van der Waals surface area contributed by atoms with Crippen LogP contribution in [0, 0.1) is 0 Å². The molecule has 2 heterocycles. The monoisotopic (exact) mass is 282 g/mol. The molecule has 0 amide bonds. The Bertz CT molecular complexity index is 631. The summed E-state index contributed by atoms with van der Waals surface area (Å²) in [7, 11) is 0. The van der Waals surface area contributed by atoms with Crippen molar-refractivity contribution in [2.45, 2.75) is 32.2 Å². The predicted octanol–water partition coefficient (Wildman–Crippen LogP) is 3.97. The van der Waals surface area contributed by atoms with Crippen molar-refractivity contribution in [2.75, 3.05) is 13.2 Å². The van der Waals surface area contributed by atoms with Gasteiger partial charge in [-0.15, -0.1) is 0 Å². The van der Waals surface area contributed by atoms with Crippen molar-refractivity contribution >= 4 is 10.9 Å². The molecule has 1 N–H and O–H groups in total. The Kier molecular flexibility index (Phi) is 4.51. The predicted molar refractivity (Wildman–Crippen MR) is 86.0 cm³/mol. The van der Waals surface area contributed by atoms with Crippen molar-refractivity contribution in [2.24, 2.45) is 0 Å². The van der Waals surface area contributed by atoms with E-state index < -0.39 is 0 Å². The molecule has 0 saturated heterocycles. The summed E-state index contributed by atoms with van der Waals surface area (Å²) in [6.45, 7) is 3.98. The molecule has 0 fully saturated rings. The standard InChI is InChI=1S/C18H22N2O/c1-2-11-20-18(17-10-3-4-13-21-17)15-7-5-9-16-14(15)8-6-12-19-16/h5-10,12,18,20H,2-4,11,13H2,1H3. The van der Waals surface area contributed by atoms with Gasteiger partial charge in [-0.05, 0) is 49.6 Å². The van der Waals surface area contributed by atoms with Crippen molar-refractivity contribution in [3.05, 3.63) is 53.9 Å². The Labute approximate surface area is 126 Å². The van der Waals surface area contributed by atoms with E-state index in [-0.39, 0.29) is 6.04 Å². The van der Waals surface area contributed by atoms with E-state index >= 15 is 0 Å². The van der Waals surface area contributed by atoms with Crippen molar-refractivity contribution < 1.29 is 4.74 Å². The van der Waals surface area contributed by atoms with Gasteiger partial charge in [0.05, 0.1) is 18.2 Å². The Morgan fingerprint density at radius 3 is 3.05 bits per heavy atom. The van der Waals surface area contributed by atoms with E-state index in [0.717, 1.165) is 43.7 Å². The number of hydrogen-bond acceptors (Lipinski definition) is 3. The molecule has 110 valence electrons. The third-order valence-electron chi connectivity index (χ3n) is 3.84. The van der Waals surface area contributed by atoms with Gasteiger partial charge in [-0.1, -0.05) is 25.1 Å². The third-order valence-corrected chi connectivity index (χ3v) is 3.84. The summed E-state index contributed by atoms with van der Waals surface area (Å²) in [5.74, 6) is 1.06.